The first kappa shape index (κ1) is 29.4. The molecular formula is C29H35N3O7. The average molecular weight is 538 g/mol. The van der Waals surface area contributed by atoms with Crippen molar-refractivity contribution in [2.45, 2.75) is 46.1 Å². The van der Waals surface area contributed by atoms with Gasteiger partial charge in [0.1, 0.15) is 6.10 Å². The number of amides is 1. The van der Waals surface area contributed by atoms with Gasteiger partial charge in [0.25, 0.3) is 5.91 Å². The molecule has 0 aliphatic heterocycles. The molecule has 0 unspecified atom stereocenters. The monoisotopic (exact) mass is 537 g/mol. The number of nitrogens with one attached hydrogen (secondary N) is 2. The highest BCUT2D eigenvalue weighted by Crippen LogP contribution is 2.36. The van der Waals surface area contributed by atoms with Gasteiger partial charge in [-0.2, -0.15) is 0 Å². The van der Waals surface area contributed by atoms with E-state index < -0.39 is 25.3 Å². The molecule has 208 valence electrons. The van der Waals surface area contributed by atoms with E-state index in [-0.39, 0.29) is 30.1 Å². The number of aliphatic hydroxyl groups excluding tert-OH is 2. The van der Waals surface area contributed by atoms with E-state index in [9.17, 15) is 24.9 Å². The Morgan fingerprint density at radius 2 is 1.77 bits per heavy atom. The number of carbonyl (C=O) groups is 2. The van der Waals surface area contributed by atoms with Crippen LogP contribution < -0.4 is 25.8 Å². The molecule has 0 spiro atoms. The molecule has 3 rings (SSSR count). The summed E-state index contributed by atoms with van der Waals surface area (Å²) in [6.07, 6.45) is -1.45. The third kappa shape index (κ3) is 8.18. The number of hydrogen-bond acceptors (Lipinski definition) is 8. The molecule has 0 heterocycles. The zero-order chi connectivity index (χ0) is 28.5. The third-order valence-electron chi connectivity index (χ3n) is 5.75. The number of aryl methyl sites for hydroxylation is 1. The van der Waals surface area contributed by atoms with Gasteiger partial charge in [0.15, 0.2) is 18.1 Å². The van der Waals surface area contributed by atoms with Crippen LogP contribution in [0.25, 0.3) is 0 Å². The van der Waals surface area contributed by atoms with Crippen molar-refractivity contribution in [3.8, 4) is 11.5 Å². The standard InChI is InChI=1S/C29H35N3O7/c1-17(2)39-26-12-20(25(34)15-33)11-21(28(26)38-16-27(35)36)14-31-24-9-4-18(3)10-23(24)29(37)32-22-7-5-19(13-30)6-8-22/h4-12,17,25,31,33-34H,13-16,30H2,1-3H3,(H,32,37)(H,35,36)/t25-/m1/s1. The fourth-order valence-corrected chi connectivity index (χ4v) is 3.87. The normalized spacial score (nSPS) is 11.7. The van der Waals surface area contributed by atoms with Crippen LogP contribution >= 0.6 is 0 Å². The molecule has 10 heteroatoms. The zero-order valence-corrected chi connectivity index (χ0v) is 22.2. The highest BCUT2D eigenvalue weighted by molar-refractivity contribution is 6.08. The van der Waals surface area contributed by atoms with Crippen molar-refractivity contribution in [3.05, 3.63) is 82.4 Å². The Balaban J connectivity index is 1.94. The number of anilines is 2. The highest BCUT2D eigenvalue weighted by atomic mass is 16.5. The molecule has 10 nitrogen and oxygen atoms in total. The summed E-state index contributed by atoms with van der Waals surface area (Å²) < 4.78 is 11.4. The van der Waals surface area contributed by atoms with Crippen molar-refractivity contribution >= 4 is 23.3 Å². The van der Waals surface area contributed by atoms with E-state index in [2.05, 4.69) is 10.6 Å². The smallest absolute Gasteiger partial charge is 0.341 e. The Kier molecular flexibility index (Phi) is 10.3. The van der Waals surface area contributed by atoms with Crippen LogP contribution in [0.2, 0.25) is 0 Å². The molecule has 0 aliphatic rings. The maximum Gasteiger partial charge on any atom is 0.341 e. The molecule has 0 radical (unpaired) electrons. The number of hydrogen-bond donors (Lipinski definition) is 6. The minimum Gasteiger partial charge on any atom is -0.487 e. The number of aliphatic carboxylic acids is 1. The maximum absolute atomic E-state index is 13.2. The van der Waals surface area contributed by atoms with E-state index in [1.54, 1.807) is 44.2 Å². The van der Waals surface area contributed by atoms with Crippen LogP contribution in [0.4, 0.5) is 11.4 Å². The third-order valence-corrected chi connectivity index (χ3v) is 5.75. The fraction of sp³-hybridized carbons (Fsp3) is 0.310. The Labute approximate surface area is 227 Å². The van der Waals surface area contributed by atoms with Crippen molar-refractivity contribution in [3.63, 3.8) is 0 Å². The molecule has 1 amide bonds. The lowest BCUT2D eigenvalue weighted by atomic mass is 10.0. The summed E-state index contributed by atoms with van der Waals surface area (Å²) in [5, 5.41) is 35.1. The van der Waals surface area contributed by atoms with Crippen molar-refractivity contribution in [2.24, 2.45) is 5.73 Å². The van der Waals surface area contributed by atoms with Crippen LogP contribution in [-0.4, -0.2) is 46.5 Å². The van der Waals surface area contributed by atoms with Gasteiger partial charge in [-0.1, -0.05) is 23.8 Å². The first-order valence-corrected chi connectivity index (χ1v) is 12.5. The lowest BCUT2D eigenvalue weighted by Crippen LogP contribution is -2.17. The minimum absolute atomic E-state index is 0.101. The zero-order valence-electron chi connectivity index (χ0n) is 22.2. The van der Waals surface area contributed by atoms with Gasteiger partial charge in [0.2, 0.25) is 0 Å². The van der Waals surface area contributed by atoms with E-state index >= 15 is 0 Å². The number of rotatable bonds is 13. The summed E-state index contributed by atoms with van der Waals surface area (Å²) in [5.41, 5.74) is 9.88. The molecule has 0 fully saturated rings. The van der Waals surface area contributed by atoms with Gasteiger partial charge in [-0.05, 0) is 68.3 Å². The van der Waals surface area contributed by atoms with Gasteiger partial charge in [-0.3, -0.25) is 4.79 Å². The number of carboxylic acids is 1. The molecule has 0 bridgehead atoms. The number of ether oxygens (including phenoxy) is 2. The predicted octanol–water partition coefficient (Wildman–Crippen LogP) is 3.59. The minimum atomic E-state index is -1.18. The van der Waals surface area contributed by atoms with Gasteiger partial charge >= 0.3 is 5.97 Å². The van der Waals surface area contributed by atoms with Gasteiger partial charge < -0.3 is 41.2 Å². The van der Waals surface area contributed by atoms with E-state index in [1.807, 2.05) is 25.1 Å². The molecule has 7 N–H and O–H groups in total. The predicted molar refractivity (Wildman–Crippen MR) is 148 cm³/mol. The molecule has 0 saturated carbocycles. The van der Waals surface area contributed by atoms with E-state index in [1.165, 1.54) is 6.07 Å². The van der Waals surface area contributed by atoms with Crippen molar-refractivity contribution < 1.29 is 34.4 Å². The second kappa shape index (κ2) is 13.6. The number of benzene rings is 3. The Bertz CT molecular complexity index is 1290. The number of carbonyl (C=O) groups excluding carboxylic acids is 1. The maximum atomic E-state index is 13.2. The van der Waals surface area contributed by atoms with Crippen LogP contribution in [0.15, 0.2) is 54.6 Å². The largest absolute Gasteiger partial charge is 0.487 e. The van der Waals surface area contributed by atoms with E-state index in [0.29, 0.717) is 34.6 Å². The molecule has 1 atom stereocenters. The van der Waals surface area contributed by atoms with Crippen LogP contribution in [0, 0.1) is 6.92 Å². The SMILES string of the molecule is Cc1ccc(NCc2cc([C@H](O)CO)cc(OC(C)C)c2OCC(=O)O)c(C(=O)Nc2ccc(CN)cc2)c1. The molecular weight excluding hydrogens is 502 g/mol. The summed E-state index contributed by atoms with van der Waals surface area (Å²) in [5.74, 6) is -1.07. The molecule has 0 aliphatic carbocycles. The number of carboxylic acid groups (broad SMARTS) is 1. The molecule has 0 saturated heterocycles. The topological polar surface area (TPSA) is 163 Å². The first-order valence-electron chi connectivity index (χ1n) is 12.5. The Morgan fingerprint density at radius 3 is 2.38 bits per heavy atom. The Hall–Kier alpha value is -4.12. The Morgan fingerprint density at radius 1 is 1.05 bits per heavy atom. The molecule has 3 aromatic rings. The lowest BCUT2D eigenvalue weighted by Gasteiger charge is -2.21. The lowest BCUT2D eigenvalue weighted by molar-refractivity contribution is -0.139. The van der Waals surface area contributed by atoms with Gasteiger partial charge in [-0.25, -0.2) is 4.79 Å². The highest BCUT2D eigenvalue weighted by Gasteiger charge is 2.20. The molecule has 3 aromatic carbocycles. The average Bonchev–Trinajstić information content (AvgIpc) is 2.90. The summed E-state index contributed by atoms with van der Waals surface area (Å²) >= 11 is 0. The van der Waals surface area contributed by atoms with E-state index in [4.69, 9.17) is 15.2 Å². The fourth-order valence-electron chi connectivity index (χ4n) is 3.87. The van der Waals surface area contributed by atoms with Crippen LogP contribution in [0.3, 0.4) is 0 Å². The van der Waals surface area contributed by atoms with Crippen molar-refractivity contribution in [2.75, 3.05) is 23.8 Å². The van der Waals surface area contributed by atoms with Crippen LogP contribution in [0.5, 0.6) is 11.5 Å². The second-order valence-corrected chi connectivity index (χ2v) is 9.31. The number of aliphatic hydroxyl groups is 2. The second-order valence-electron chi connectivity index (χ2n) is 9.31. The first-order chi connectivity index (χ1) is 18.6. The van der Waals surface area contributed by atoms with E-state index in [0.717, 1.165) is 11.1 Å². The molecule has 0 aromatic heterocycles. The molecule has 39 heavy (non-hydrogen) atoms. The van der Waals surface area contributed by atoms with Crippen LogP contribution in [0.1, 0.15) is 52.6 Å². The van der Waals surface area contributed by atoms with Crippen molar-refractivity contribution in [1.29, 1.82) is 0 Å². The van der Waals surface area contributed by atoms with Crippen LogP contribution in [-0.2, 0) is 17.9 Å². The van der Waals surface area contributed by atoms with Gasteiger partial charge in [0, 0.05) is 30.0 Å². The van der Waals surface area contributed by atoms with Crippen molar-refractivity contribution in [1.82, 2.24) is 0 Å². The summed E-state index contributed by atoms with van der Waals surface area (Å²) in [4.78, 5) is 24.5. The quantitative estimate of drug-likeness (QED) is 0.191. The van der Waals surface area contributed by atoms with Gasteiger partial charge in [0.05, 0.1) is 18.3 Å². The summed E-state index contributed by atoms with van der Waals surface area (Å²) in [6, 6.07) is 15.8. The summed E-state index contributed by atoms with van der Waals surface area (Å²) in [6.45, 7) is 4.86. The van der Waals surface area contributed by atoms with Gasteiger partial charge in [-0.15, -0.1) is 0 Å². The summed E-state index contributed by atoms with van der Waals surface area (Å²) in [7, 11) is 0. The number of nitrogens with two attached hydrogens (primary N) is 1.